The third-order valence-corrected chi connectivity index (χ3v) is 5.90. The fourth-order valence-corrected chi connectivity index (χ4v) is 4.17. The van der Waals surface area contributed by atoms with E-state index in [1.54, 1.807) is 12.4 Å². The number of hydrogen-bond acceptors (Lipinski definition) is 6. The van der Waals surface area contributed by atoms with Gasteiger partial charge in [0.25, 0.3) is 0 Å². The standard InChI is InChI=1S/C26H27N7/c1-18(29-22-7-6-10-27-16-22)26-24-14-20(8-9-25(24)31-32-26)21-13-23(17-28-15-21)30-19(2)33-11-4-3-5-12-33/h6-10,13-17,29-30H,1-5,11-12H2,(H,31,32). The summed E-state index contributed by atoms with van der Waals surface area (Å²) in [5.74, 6) is 0.930. The number of likely N-dealkylation sites (tertiary alicyclic amines) is 1. The van der Waals surface area contributed by atoms with Crippen molar-refractivity contribution in [2.75, 3.05) is 23.7 Å². The van der Waals surface area contributed by atoms with Gasteiger partial charge in [-0.1, -0.05) is 19.2 Å². The van der Waals surface area contributed by atoms with E-state index in [1.807, 2.05) is 30.6 Å². The van der Waals surface area contributed by atoms with Gasteiger partial charge in [0, 0.05) is 36.4 Å². The first-order valence-electron chi connectivity index (χ1n) is 11.2. The van der Waals surface area contributed by atoms with Crippen LogP contribution in [0.2, 0.25) is 0 Å². The smallest absolute Gasteiger partial charge is 0.116 e. The quantitative estimate of drug-likeness (QED) is 0.356. The van der Waals surface area contributed by atoms with Gasteiger partial charge in [0.1, 0.15) is 5.69 Å². The molecule has 1 aliphatic rings. The topological polar surface area (TPSA) is 81.8 Å². The molecule has 0 radical (unpaired) electrons. The van der Waals surface area contributed by atoms with Crippen LogP contribution in [0.5, 0.6) is 0 Å². The van der Waals surface area contributed by atoms with Crippen molar-refractivity contribution in [2.24, 2.45) is 0 Å². The van der Waals surface area contributed by atoms with Crippen molar-refractivity contribution >= 4 is 28.0 Å². The first kappa shape index (κ1) is 20.8. The molecule has 4 aromatic rings. The summed E-state index contributed by atoms with van der Waals surface area (Å²) in [5, 5.41) is 15.3. The fourth-order valence-electron chi connectivity index (χ4n) is 4.17. The number of nitrogens with one attached hydrogen (secondary N) is 3. The van der Waals surface area contributed by atoms with Crippen LogP contribution in [-0.2, 0) is 0 Å². The van der Waals surface area contributed by atoms with Crippen LogP contribution >= 0.6 is 0 Å². The van der Waals surface area contributed by atoms with E-state index >= 15 is 0 Å². The molecule has 7 heteroatoms. The van der Waals surface area contributed by atoms with Gasteiger partial charge < -0.3 is 15.5 Å². The lowest BCUT2D eigenvalue weighted by atomic mass is 10.0. The molecule has 3 aromatic heterocycles. The number of benzene rings is 1. The lowest BCUT2D eigenvalue weighted by Gasteiger charge is -2.30. The van der Waals surface area contributed by atoms with Gasteiger partial charge in [0.15, 0.2) is 0 Å². The molecular weight excluding hydrogens is 410 g/mol. The average Bonchev–Trinajstić information content (AvgIpc) is 3.29. The van der Waals surface area contributed by atoms with E-state index in [0.717, 1.165) is 58.0 Å². The summed E-state index contributed by atoms with van der Waals surface area (Å²) in [6.07, 6.45) is 10.9. The number of hydrogen-bond donors (Lipinski definition) is 3. The van der Waals surface area contributed by atoms with Gasteiger partial charge in [-0.3, -0.25) is 15.1 Å². The zero-order valence-corrected chi connectivity index (χ0v) is 18.5. The minimum Gasteiger partial charge on any atom is -0.359 e. The molecule has 7 nitrogen and oxygen atoms in total. The Kier molecular flexibility index (Phi) is 5.76. The van der Waals surface area contributed by atoms with Gasteiger partial charge in [-0.15, -0.1) is 0 Å². The second kappa shape index (κ2) is 9.16. The average molecular weight is 438 g/mol. The Morgan fingerprint density at radius 1 is 0.879 bits per heavy atom. The number of aromatic amines is 1. The molecule has 0 amide bonds. The molecule has 33 heavy (non-hydrogen) atoms. The predicted octanol–water partition coefficient (Wildman–Crippen LogP) is 5.47. The molecule has 0 aliphatic carbocycles. The molecule has 5 rings (SSSR count). The van der Waals surface area contributed by atoms with E-state index in [9.17, 15) is 0 Å². The monoisotopic (exact) mass is 437 g/mol. The number of piperidine rings is 1. The number of anilines is 2. The molecule has 0 spiro atoms. The summed E-state index contributed by atoms with van der Waals surface area (Å²) in [5.41, 5.74) is 6.30. The lowest BCUT2D eigenvalue weighted by Crippen LogP contribution is -2.31. The molecule has 4 heterocycles. The summed E-state index contributed by atoms with van der Waals surface area (Å²) < 4.78 is 0. The molecule has 1 saturated heterocycles. The summed E-state index contributed by atoms with van der Waals surface area (Å²) in [6.45, 7) is 10.5. The van der Waals surface area contributed by atoms with E-state index in [0.29, 0.717) is 5.70 Å². The largest absolute Gasteiger partial charge is 0.359 e. The molecule has 0 saturated carbocycles. The Balaban J connectivity index is 1.38. The van der Waals surface area contributed by atoms with Gasteiger partial charge >= 0.3 is 0 Å². The highest BCUT2D eigenvalue weighted by Gasteiger charge is 2.14. The maximum atomic E-state index is 4.48. The number of fused-ring (bicyclic) bond motifs is 1. The Morgan fingerprint density at radius 2 is 1.73 bits per heavy atom. The third-order valence-electron chi connectivity index (χ3n) is 5.90. The zero-order valence-electron chi connectivity index (χ0n) is 18.5. The molecule has 0 unspecified atom stereocenters. The van der Waals surface area contributed by atoms with Crippen molar-refractivity contribution < 1.29 is 0 Å². The zero-order chi connectivity index (χ0) is 22.6. The third kappa shape index (κ3) is 4.57. The van der Waals surface area contributed by atoms with E-state index in [2.05, 4.69) is 67.1 Å². The minimum atomic E-state index is 0.706. The summed E-state index contributed by atoms with van der Waals surface area (Å²) in [7, 11) is 0. The number of nitrogens with zero attached hydrogens (tertiary/aromatic N) is 4. The molecule has 1 aromatic carbocycles. The van der Waals surface area contributed by atoms with Crippen LogP contribution in [0.4, 0.5) is 11.4 Å². The highest BCUT2D eigenvalue weighted by Crippen LogP contribution is 2.29. The molecule has 0 atom stereocenters. The Bertz CT molecular complexity index is 1290. The molecular formula is C26H27N7. The summed E-state index contributed by atoms with van der Waals surface area (Å²) in [4.78, 5) is 10.9. The molecule has 1 fully saturated rings. The van der Waals surface area contributed by atoms with E-state index in [4.69, 9.17) is 0 Å². The Morgan fingerprint density at radius 3 is 2.55 bits per heavy atom. The van der Waals surface area contributed by atoms with Crippen LogP contribution in [0, 0.1) is 0 Å². The van der Waals surface area contributed by atoms with Crippen molar-refractivity contribution in [2.45, 2.75) is 19.3 Å². The maximum Gasteiger partial charge on any atom is 0.116 e. The van der Waals surface area contributed by atoms with Gasteiger partial charge in [0.2, 0.25) is 0 Å². The summed E-state index contributed by atoms with van der Waals surface area (Å²) in [6, 6.07) is 12.1. The first-order valence-corrected chi connectivity index (χ1v) is 11.2. The number of aromatic nitrogens is 4. The van der Waals surface area contributed by atoms with E-state index in [1.165, 1.54) is 19.3 Å². The SMILES string of the molecule is C=C(Nc1cccnc1)c1n[nH]c2ccc(-c3cncc(NC(=C)N4CCCCC4)c3)cc12. The highest BCUT2D eigenvalue weighted by molar-refractivity contribution is 5.95. The highest BCUT2D eigenvalue weighted by atomic mass is 15.2. The van der Waals surface area contributed by atoms with Crippen molar-refractivity contribution in [3.8, 4) is 11.1 Å². The van der Waals surface area contributed by atoms with Crippen molar-refractivity contribution in [3.05, 3.63) is 85.9 Å². The molecule has 3 N–H and O–H groups in total. The number of pyridine rings is 2. The van der Waals surface area contributed by atoms with Crippen molar-refractivity contribution in [3.63, 3.8) is 0 Å². The second-order valence-electron chi connectivity index (χ2n) is 8.26. The normalized spacial score (nSPS) is 13.6. The second-order valence-corrected chi connectivity index (χ2v) is 8.26. The predicted molar refractivity (Wildman–Crippen MR) is 134 cm³/mol. The summed E-state index contributed by atoms with van der Waals surface area (Å²) >= 11 is 0. The van der Waals surface area contributed by atoms with Gasteiger partial charge in [-0.05, 0) is 55.2 Å². The van der Waals surface area contributed by atoms with Crippen LogP contribution in [0.15, 0.2) is 80.2 Å². The minimum absolute atomic E-state index is 0.706. The van der Waals surface area contributed by atoms with Gasteiger partial charge in [-0.2, -0.15) is 5.10 Å². The maximum absolute atomic E-state index is 4.48. The van der Waals surface area contributed by atoms with E-state index < -0.39 is 0 Å². The Labute approximate surface area is 193 Å². The van der Waals surface area contributed by atoms with Crippen molar-refractivity contribution in [1.29, 1.82) is 0 Å². The van der Waals surface area contributed by atoms with Crippen LogP contribution in [0.3, 0.4) is 0 Å². The van der Waals surface area contributed by atoms with Crippen LogP contribution in [0.25, 0.3) is 27.7 Å². The Hall–Kier alpha value is -4.13. The van der Waals surface area contributed by atoms with Gasteiger partial charge in [-0.25, -0.2) is 0 Å². The van der Waals surface area contributed by atoms with E-state index in [-0.39, 0.29) is 0 Å². The van der Waals surface area contributed by atoms with Crippen LogP contribution in [-0.4, -0.2) is 38.2 Å². The lowest BCUT2D eigenvalue weighted by molar-refractivity contribution is 0.289. The number of H-pyrrole nitrogens is 1. The molecule has 1 aliphatic heterocycles. The first-order chi connectivity index (χ1) is 16.2. The van der Waals surface area contributed by atoms with Crippen LogP contribution < -0.4 is 10.6 Å². The number of rotatable bonds is 7. The molecule has 0 bridgehead atoms. The fraction of sp³-hybridized carbons (Fsp3) is 0.192. The molecule has 166 valence electrons. The van der Waals surface area contributed by atoms with Crippen LogP contribution in [0.1, 0.15) is 25.0 Å². The van der Waals surface area contributed by atoms with Gasteiger partial charge in [0.05, 0.1) is 40.8 Å². The van der Waals surface area contributed by atoms with Crippen molar-refractivity contribution in [1.82, 2.24) is 25.1 Å².